The van der Waals surface area contributed by atoms with E-state index in [1.54, 1.807) is 13.8 Å². The molecule has 0 saturated carbocycles. The van der Waals surface area contributed by atoms with Gasteiger partial charge in [-0.2, -0.15) is 0 Å². The topological polar surface area (TPSA) is 96.3 Å². The Bertz CT molecular complexity index is 787. The van der Waals surface area contributed by atoms with Gasteiger partial charge in [-0.1, -0.05) is 65.1 Å². The summed E-state index contributed by atoms with van der Waals surface area (Å²) in [5.74, 6) is -2.06. The van der Waals surface area contributed by atoms with Crippen LogP contribution in [-0.2, 0) is 39.8 Å². The fourth-order valence-corrected chi connectivity index (χ4v) is 3.53. The van der Waals surface area contributed by atoms with E-state index in [2.05, 4.69) is 0 Å². The van der Waals surface area contributed by atoms with Crippen molar-refractivity contribution in [2.24, 2.45) is 0 Å². The number of halogens is 3. The van der Waals surface area contributed by atoms with E-state index >= 15 is 0 Å². The number of carbonyl (C=O) groups excluding carboxylic acids is 1. The van der Waals surface area contributed by atoms with Crippen molar-refractivity contribution in [2.75, 3.05) is 6.61 Å². The predicted octanol–water partition coefficient (Wildman–Crippen LogP) is 3.74. The Hall–Kier alpha value is -1.13. The first-order chi connectivity index (χ1) is 14.5. The second kappa shape index (κ2) is 9.79. The number of esters is 1. The zero-order valence-corrected chi connectivity index (χ0v) is 19.4. The first kappa shape index (κ1) is 24.5. The molecule has 2 aliphatic heterocycles. The normalized spacial score (nSPS) is 29.8. The van der Waals surface area contributed by atoms with Gasteiger partial charge in [0, 0.05) is 6.92 Å². The summed E-state index contributed by atoms with van der Waals surface area (Å²) in [6, 6.07) is 9.48. The molecule has 1 aromatic rings. The Morgan fingerprint density at radius 3 is 2.42 bits per heavy atom. The summed E-state index contributed by atoms with van der Waals surface area (Å²) in [7, 11) is 0. The highest BCUT2D eigenvalue weighted by Crippen LogP contribution is 2.40. The molecule has 0 aliphatic carbocycles. The summed E-state index contributed by atoms with van der Waals surface area (Å²) in [4.78, 5) is 11.3. The van der Waals surface area contributed by atoms with Crippen molar-refractivity contribution in [1.82, 2.24) is 0 Å². The quantitative estimate of drug-likeness (QED) is 0.277. The maximum Gasteiger partial charge on any atom is 0.302 e. The molecule has 1 N–H and O–H groups in total. The molecular formula is C20H24Cl3NO7. The summed E-state index contributed by atoms with van der Waals surface area (Å²) in [5, 5.41) is 7.95. The summed E-state index contributed by atoms with van der Waals surface area (Å²) < 4.78 is 32.7. The Kier molecular flexibility index (Phi) is 7.74. The van der Waals surface area contributed by atoms with Crippen LogP contribution in [0.15, 0.2) is 30.3 Å². The van der Waals surface area contributed by atoms with Crippen LogP contribution < -0.4 is 0 Å². The van der Waals surface area contributed by atoms with Gasteiger partial charge in [0.15, 0.2) is 5.79 Å². The van der Waals surface area contributed by atoms with Crippen LogP contribution in [0.25, 0.3) is 0 Å². The molecule has 0 bridgehead atoms. The number of fused-ring (bicyclic) bond motifs is 1. The molecule has 11 heteroatoms. The molecule has 0 spiro atoms. The highest BCUT2D eigenvalue weighted by Gasteiger charge is 2.57. The minimum absolute atomic E-state index is 0.109. The SMILES string of the molecule is CC(=O)OC[C@H]1OC(OC(=N)C(Cl)(Cl)Cl)[C@H](OCc2ccccc2)[C@H]2OC(C)(C)O[C@H]21. The molecule has 2 saturated heterocycles. The van der Waals surface area contributed by atoms with Crippen LogP contribution >= 0.6 is 34.8 Å². The lowest BCUT2D eigenvalue weighted by atomic mass is 9.99. The van der Waals surface area contributed by atoms with Gasteiger partial charge in [0.2, 0.25) is 12.2 Å². The number of carbonyl (C=O) groups is 1. The molecule has 172 valence electrons. The second-order valence-corrected chi connectivity index (χ2v) is 9.90. The van der Waals surface area contributed by atoms with Gasteiger partial charge in [0.05, 0.1) is 6.61 Å². The fraction of sp³-hybridized carbons (Fsp3) is 0.600. The van der Waals surface area contributed by atoms with Crippen LogP contribution in [-0.4, -0.2) is 58.8 Å². The first-order valence-electron chi connectivity index (χ1n) is 9.58. The van der Waals surface area contributed by atoms with Crippen molar-refractivity contribution in [3.8, 4) is 0 Å². The molecule has 3 rings (SSSR count). The van der Waals surface area contributed by atoms with Gasteiger partial charge >= 0.3 is 5.97 Å². The smallest absolute Gasteiger partial charge is 0.302 e. The van der Waals surface area contributed by atoms with Gasteiger partial charge in [0.25, 0.3) is 3.79 Å². The van der Waals surface area contributed by atoms with E-state index in [9.17, 15) is 4.79 Å². The van der Waals surface area contributed by atoms with Crippen LogP contribution in [0.1, 0.15) is 26.3 Å². The molecule has 0 amide bonds. The third-order valence-electron chi connectivity index (χ3n) is 4.66. The summed E-state index contributed by atoms with van der Waals surface area (Å²) >= 11 is 17.3. The number of hydrogen-bond donors (Lipinski definition) is 1. The lowest BCUT2D eigenvalue weighted by Gasteiger charge is -2.41. The van der Waals surface area contributed by atoms with Crippen LogP contribution in [0.5, 0.6) is 0 Å². The number of hydrogen-bond acceptors (Lipinski definition) is 8. The first-order valence-corrected chi connectivity index (χ1v) is 10.7. The highest BCUT2D eigenvalue weighted by molar-refractivity contribution is 6.76. The lowest BCUT2D eigenvalue weighted by Crippen LogP contribution is -2.59. The van der Waals surface area contributed by atoms with Crippen molar-refractivity contribution in [3.63, 3.8) is 0 Å². The summed E-state index contributed by atoms with van der Waals surface area (Å²) in [6.45, 7) is 4.90. The Labute approximate surface area is 195 Å². The molecule has 0 radical (unpaired) electrons. The van der Waals surface area contributed by atoms with Gasteiger partial charge < -0.3 is 28.4 Å². The van der Waals surface area contributed by atoms with E-state index in [0.29, 0.717) is 0 Å². The number of benzene rings is 1. The van der Waals surface area contributed by atoms with Gasteiger partial charge in [-0.3, -0.25) is 10.2 Å². The summed E-state index contributed by atoms with van der Waals surface area (Å²) in [5.41, 5.74) is 0.912. The number of alkyl halides is 3. The molecule has 5 atom stereocenters. The van der Waals surface area contributed by atoms with Crippen LogP contribution in [0, 0.1) is 5.41 Å². The van der Waals surface area contributed by atoms with E-state index in [4.69, 9.17) is 68.6 Å². The van der Waals surface area contributed by atoms with Gasteiger partial charge in [-0.05, 0) is 19.4 Å². The maximum atomic E-state index is 11.3. The van der Waals surface area contributed by atoms with Gasteiger partial charge in [-0.25, -0.2) is 0 Å². The van der Waals surface area contributed by atoms with Crippen LogP contribution in [0.3, 0.4) is 0 Å². The van der Waals surface area contributed by atoms with Gasteiger partial charge in [-0.15, -0.1) is 0 Å². The average molecular weight is 497 g/mol. The molecule has 2 fully saturated rings. The van der Waals surface area contributed by atoms with E-state index in [0.717, 1.165) is 5.56 Å². The Balaban J connectivity index is 1.85. The van der Waals surface area contributed by atoms with Crippen LogP contribution in [0.2, 0.25) is 0 Å². The van der Waals surface area contributed by atoms with Crippen LogP contribution in [0.4, 0.5) is 0 Å². The molecule has 0 aromatic heterocycles. The molecule has 1 unspecified atom stereocenters. The maximum absolute atomic E-state index is 11.3. The molecule has 1 aromatic carbocycles. The van der Waals surface area contributed by atoms with Crippen molar-refractivity contribution in [3.05, 3.63) is 35.9 Å². The zero-order chi connectivity index (χ0) is 22.8. The largest absolute Gasteiger partial charge is 0.463 e. The highest BCUT2D eigenvalue weighted by atomic mass is 35.6. The van der Waals surface area contributed by atoms with E-state index in [-0.39, 0.29) is 13.2 Å². The van der Waals surface area contributed by atoms with E-state index in [1.807, 2.05) is 30.3 Å². The van der Waals surface area contributed by atoms with Crippen molar-refractivity contribution in [1.29, 1.82) is 5.41 Å². The van der Waals surface area contributed by atoms with E-state index in [1.165, 1.54) is 6.92 Å². The van der Waals surface area contributed by atoms with Crippen molar-refractivity contribution in [2.45, 2.75) is 67.7 Å². The molecular weight excluding hydrogens is 473 g/mol. The monoisotopic (exact) mass is 495 g/mol. The zero-order valence-electron chi connectivity index (χ0n) is 17.2. The lowest BCUT2D eigenvalue weighted by molar-refractivity contribution is -0.273. The molecule has 2 aliphatic rings. The van der Waals surface area contributed by atoms with Crippen molar-refractivity contribution >= 4 is 46.7 Å². The fourth-order valence-electron chi connectivity index (χ4n) is 3.39. The molecule has 8 nitrogen and oxygen atoms in total. The predicted molar refractivity (Wildman–Crippen MR) is 113 cm³/mol. The third-order valence-corrected chi connectivity index (χ3v) is 5.17. The Morgan fingerprint density at radius 2 is 1.81 bits per heavy atom. The molecule has 2 heterocycles. The minimum Gasteiger partial charge on any atom is -0.463 e. The number of nitrogens with one attached hydrogen (secondary N) is 1. The standard InChI is InChI=1S/C20H24Cl3NO7/c1-11(25)26-10-13-14-15(31-19(2,3)30-14)16(27-9-12-7-5-4-6-8-12)17(28-13)29-18(24)20(21,22)23/h4-8,13-17,24H,9-10H2,1-3H3/t13-,14+,15+,16-,17?/m1/s1. The number of rotatable bonds is 6. The summed E-state index contributed by atoms with van der Waals surface area (Å²) in [6.07, 6.45) is -4.02. The van der Waals surface area contributed by atoms with Gasteiger partial charge in [0.1, 0.15) is 31.0 Å². The number of ether oxygens (including phenoxy) is 6. The Morgan fingerprint density at radius 1 is 1.16 bits per heavy atom. The minimum atomic E-state index is -2.10. The second-order valence-electron chi connectivity index (χ2n) is 7.62. The third kappa shape index (κ3) is 6.44. The average Bonchev–Trinajstić information content (AvgIpc) is 3.00. The van der Waals surface area contributed by atoms with Crippen molar-refractivity contribution < 1.29 is 33.2 Å². The molecule has 31 heavy (non-hydrogen) atoms. The van der Waals surface area contributed by atoms with E-state index < -0.39 is 52.2 Å².